The third kappa shape index (κ3) is 4.26. The van der Waals surface area contributed by atoms with Gasteiger partial charge in [-0.25, -0.2) is 13.6 Å². The molecule has 0 fully saturated rings. The third-order valence-corrected chi connectivity index (χ3v) is 4.22. The van der Waals surface area contributed by atoms with Crippen LogP contribution in [-0.4, -0.2) is 33.1 Å². The number of rotatable bonds is 6. The number of nitro benzene ring substituents is 1. The minimum absolute atomic E-state index is 0.269. The second-order valence-electron chi connectivity index (χ2n) is 4.85. The normalized spacial score (nSPS) is 15.2. The zero-order valence-corrected chi connectivity index (χ0v) is 12.6. The van der Waals surface area contributed by atoms with Crippen molar-refractivity contribution in [2.24, 2.45) is 5.14 Å². The smallest absolute Gasteiger partial charge is 0.293 e. The quantitative estimate of drug-likeness (QED) is 0.462. The van der Waals surface area contributed by atoms with Crippen LogP contribution in [0.25, 0.3) is 0 Å². The van der Waals surface area contributed by atoms with Crippen molar-refractivity contribution in [1.29, 1.82) is 0 Å². The van der Waals surface area contributed by atoms with Crippen LogP contribution in [0, 0.1) is 10.1 Å². The van der Waals surface area contributed by atoms with Crippen molar-refractivity contribution in [3.63, 3.8) is 0 Å². The average molecular weight is 327 g/mol. The maximum Gasteiger partial charge on any atom is 0.293 e. The zero-order valence-electron chi connectivity index (χ0n) is 11.8. The van der Waals surface area contributed by atoms with Crippen LogP contribution in [-0.2, 0) is 14.8 Å². The summed E-state index contributed by atoms with van der Waals surface area (Å²) in [5.41, 5.74) is 1.19. The first kappa shape index (κ1) is 16.4. The summed E-state index contributed by atoms with van der Waals surface area (Å²) in [6.45, 7) is 1.80. The van der Waals surface area contributed by atoms with E-state index in [1.54, 1.807) is 0 Å². The molecule has 0 saturated carbocycles. The molecular formula is C13H17N3O5S. The average Bonchev–Trinajstić information content (AvgIpc) is 2.47. The van der Waals surface area contributed by atoms with Gasteiger partial charge in [0.1, 0.15) is 5.69 Å². The van der Waals surface area contributed by atoms with Crippen LogP contribution in [0.1, 0.15) is 12.8 Å². The van der Waals surface area contributed by atoms with Gasteiger partial charge in [0, 0.05) is 12.6 Å². The molecule has 0 saturated heterocycles. The highest BCUT2D eigenvalue weighted by atomic mass is 32.2. The van der Waals surface area contributed by atoms with Gasteiger partial charge in [0.15, 0.2) is 0 Å². The third-order valence-electron chi connectivity index (χ3n) is 3.31. The number of primary sulfonamides is 1. The fourth-order valence-corrected chi connectivity index (χ4v) is 2.67. The van der Waals surface area contributed by atoms with Crippen molar-refractivity contribution in [3.05, 3.63) is 40.0 Å². The Hall–Kier alpha value is -1.97. The number of anilines is 1. The maximum absolute atomic E-state index is 11.3. The predicted molar refractivity (Wildman–Crippen MR) is 81.1 cm³/mol. The molecule has 8 nitrogen and oxygen atoms in total. The second kappa shape index (κ2) is 6.86. The Morgan fingerprint density at radius 3 is 2.77 bits per heavy atom. The van der Waals surface area contributed by atoms with Crippen LogP contribution < -0.4 is 10.5 Å². The van der Waals surface area contributed by atoms with Crippen molar-refractivity contribution in [3.8, 4) is 0 Å². The second-order valence-corrected chi connectivity index (χ2v) is 6.41. The molecule has 1 heterocycles. The SMILES string of the molecule is NS(=O)(=O)c1ccc(NCCC2=CCOCC2)c([N+](=O)[O-])c1. The van der Waals surface area contributed by atoms with Crippen molar-refractivity contribution >= 4 is 21.4 Å². The van der Waals surface area contributed by atoms with Gasteiger partial charge < -0.3 is 10.1 Å². The number of nitrogens with zero attached hydrogens (tertiary/aromatic N) is 1. The molecule has 0 radical (unpaired) electrons. The number of sulfonamides is 1. The van der Waals surface area contributed by atoms with Gasteiger partial charge in [-0.1, -0.05) is 11.6 Å². The van der Waals surface area contributed by atoms with Gasteiger partial charge in [0.05, 0.1) is 23.0 Å². The van der Waals surface area contributed by atoms with Gasteiger partial charge in [-0.3, -0.25) is 10.1 Å². The maximum atomic E-state index is 11.3. The molecule has 120 valence electrons. The molecule has 0 aromatic heterocycles. The predicted octanol–water partition coefficient (Wildman–Crippen LogP) is 1.39. The lowest BCUT2D eigenvalue weighted by atomic mass is 10.1. The van der Waals surface area contributed by atoms with Gasteiger partial charge in [-0.15, -0.1) is 0 Å². The van der Waals surface area contributed by atoms with Gasteiger partial charge in [0.2, 0.25) is 10.0 Å². The first-order chi connectivity index (χ1) is 10.4. The first-order valence-electron chi connectivity index (χ1n) is 6.68. The molecule has 0 aliphatic carbocycles. The molecule has 22 heavy (non-hydrogen) atoms. The highest BCUT2D eigenvalue weighted by Gasteiger charge is 2.18. The fourth-order valence-electron chi connectivity index (χ4n) is 2.14. The number of nitro groups is 1. The summed E-state index contributed by atoms with van der Waals surface area (Å²) in [6, 6.07) is 3.57. The molecule has 1 aliphatic rings. The largest absolute Gasteiger partial charge is 0.379 e. The molecule has 1 aromatic rings. The Morgan fingerprint density at radius 2 is 2.18 bits per heavy atom. The van der Waals surface area contributed by atoms with Gasteiger partial charge >= 0.3 is 0 Å². The van der Waals surface area contributed by atoms with Gasteiger partial charge in [-0.2, -0.15) is 0 Å². The molecule has 0 spiro atoms. The first-order valence-corrected chi connectivity index (χ1v) is 8.23. The summed E-state index contributed by atoms with van der Waals surface area (Å²) in [7, 11) is -3.97. The highest BCUT2D eigenvalue weighted by molar-refractivity contribution is 7.89. The Balaban J connectivity index is 2.09. The molecule has 1 aromatic carbocycles. The van der Waals surface area contributed by atoms with Gasteiger partial charge in [0.25, 0.3) is 5.69 Å². The molecular weight excluding hydrogens is 310 g/mol. The number of hydrogen-bond acceptors (Lipinski definition) is 6. The van der Waals surface area contributed by atoms with Crippen LogP contribution in [0.3, 0.4) is 0 Å². The molecule has 0 atom stereocenters. The van der Waals surface area contributed by atoms with E-state index >= 15 is 0 Å². The molecule has 0 unspecified atom stereocenters. The van der Waals surface area contributed by atoms with E-state index in [1.165, 1.54) is 17.7 Å². The van der Waals surface area contributed by atoms with E-state index in [2.05, 4.69) is 5.32 Å². The van der Waals surface area contributed by atoms with E-state index in [0.717, 1.165) is 18.9 Å². The van der Waals surface area contributed by atoms with Crippen LogP contribution >= 0.6 is 0 Å². The Morgan fingerprint density at radius 1 is 1.41 bits per heavy atom. The van der Waals surface area contributed by atoms with E-state index in [1.807, 2.05) is 6.08 Å². The van der Waals surface area contributed by atoms with E-state index < -0.39 is 14.9 Å². The number of nitrogens with one attached hydrogen (secondary N) is 1. The summed E-state index contributed by atoms with van der Waals surface area (Å²) < 4.78 is 27.7. The summed E-state index contributed by atoms with van der Waals surface area (Å²) in [5, 5.41) is 19.0. The summed E-state index contributed by atoms with van der Waals surface area (Å²) in [5.74, 6) is 0. The Kier molecular flexibility index (Phi) is 5.11. The molecule has 0 bridgehead atoms. The fraction of sp³-hybridized carbons (Fsp3) is 0.385. The number of ether oxygens (including phenoxy) is 1. The van der Waals surface area contributed by atoms with E-state index in [-0.39, 0.29) is 16.3 Å². The van der Waals surface area contributed by atoms with E-state index in [0.29, 0.717) is 19.8 Å². The van der Waals surface area contributed by atoms with E-state index in [4.69, 9.17) is 9.88 Å². The van der Waals surface area contributed by atoms with Crippen molar-refractivity contribution < 1.29 is 18.1 Å². The molecule has 1 aliphatic heterocycles. The lowest BCUT2D eigenvalue weighted by Gasteiger charge is -2.14. The molecule has 3 N–H and O–H groups in total. The van der Waals surface area contributed by atoms with Crippen LogP contribution in [0.5, 0.6) is 0 Å². The van der Waals surface area contributed by atoms with Gasteiger partial charge in [-0.05, 0) is 25.0 Å². The minimum atomic E-state index is -3.97. The zero-order chi connectivity index (χ0) is 16.2. The monoisotopic (exact) mass is 327 g/mol. The van der Waals surface area contributed by atoms with Crippen molar-refractivity contribution in [2.45, 2.75) is 17.7 Å². The van der Waals surface area contributed by atoms with Crippen LogP contribution in [0.15, 0.2) is 34.7 Å². The summed E-state index contributed by atoms with van der Waals surface area (Å²) in [6.07, 6.45) is 3.61. The van der Waals surface area contributed by atoms with E-state index in [9.17, 15) is 18.5 Å². The van der Waals surface area contributed by atoms with Crippen LogP contribution in [0.4, 0.5) is 11.4 Å². The lowest BCUT2D eigenvalue weighted by Crippen LogP contribution is -2.13. The summed E-state index contributed by atoms with van der Waals surface area (Å²) >= 11 is 0. The lowest BCUT2D eigenvalue weighted by molar-refractivity contribution is -0.384. The number of nitrogens with two attached hydrogens (primary N) is 1. The Labute approximate surface area is 128 Å². The number of benzene rings is 1. The number of hydrogen-bond donors (Lipinski definition) is 2. The van der Waals surface area contributed by atoms with Crippen LogP contribution in [0.2, 0.25) is 0 Å². The Bertz CT molecular complexity index is 700. The topological polar surface area (TPSA) is 125 Å². The standard InChI is InChI=1S/C13H17N3O5S/c14-22(19,20)11-1-2-12(13(9-11)16(17)18)15-6-3-10-4-7-21-8-5-10/h1-2,4,9,15H,3,5-8H2,(H2,14,19,20). The van der Waals surface area contributed by atoms with Crippen molar-refractivity contribution in [1.82, 2.24) is 0 Å². The van der Waals surface area contributed by atoms with Crippen molar-refractivity contribution in [2.75, 3.05) is 25.1 Å². The molecule has 0 amide bonds. The summed E-state index contributed by atoms with van der Waals surface area (Å²) in [4.78, 5) is 10.2. The minimum Gasteiger partial charge on any atom is -0.379 e. The molecule has 9 heteroatoms. The molecule has 2 rings (SSSR count). The highest BCUT2D eigenvalue weighted by Crippen LogP contribution is 2.27.